The molecule has 0 radical (unpaired) electrons. The largest absolute Gasteiger partial charge is 0.457 e. The highest BCUT2D eigenvalue weighted by Gasteiger charge is 2.35. The van der Waals surface area contributed by atoms with Crippen LogP contribution in [0.5, 0.6) is 11.5 Å². The van der Waals surface area contributed by atoms with Gasteiger partial charge in [0.25, 0.3) is 5.91 Å². The summed E-state index contributed by atoms with van der Waals surface area (Å²) in [6, 6.07) is 24.7. The first kappa shape index (κ1) is 21.6. The second-order valence-electron chi connectivity index (χ2n) is 7.93. The summed E-state index contributed by atoms with van der Waals surface area (Å²) in [7, 11) is -3.92. The van der Waals surface area contributed by atoms with Crippen LogP contribution < -0.4 is 10.1 Å². The fourth-order valence-electron chi connectivity index (χ4n) is 3.78. The van der Waals surface area contributed by atoms with Gasteiger partial charge < -0.3 is 10.1 Å². The summed E-state index contributed by atoms with van der Waals surface area (Å²) in [4.78, 5) is 25.4. The van der Waals surface area contributed by atoms with Crippen LogP contribution in [0.2, 0.25) is 0 Å². The Bertz CT molecular complexity index is 1540. The lowest BCUT2D eigenvalue weighted by atomic mass is 10.0. The lowest BCUT2D eigenvalue weighted by Gasteiger charge is -2.19. The maximum absolute atomic E-state index is 13.1. The summed E-state index contributed by atoms with van der Waals surface area (Å²) in [6.07, 6.45) is 0. The van der Waals surface area contributed by atoms with Crippen LogP contribution in [-0.4, -0.2) is 20.1 Å². The topological polar surface area (TPSA) is 89.5 Å². The van der Waals surface area contributed by atoms with Crippen LogP contribution in [0.15, 0.2) is 101 Å². The van der Waals surface area contributed by atoms with E-state index in [1.807, 2.05) is 31.2 Å². The van der Waals surface area contributed by atoms with Gasteiger partial charge in [-0.1, -0.05) is 29.8 Å². The molecular weight excluding hydrogens is 450 g/mol. The first-order valence-electron chi connectivity index (χ1n) is 10.5. The Kier molecular flexibility index (Phi) is 5.26. The molecule has 1 amide bonds. The summed E-state index contributed by atoms with van der Waals surface area (Å²) in [5, 5.41) is 2.75. The van der Waals surface area contributed by atoms with E-state index in [0.717, 1.165) is 5.56 Å². The van der Waals surface area contributed by atoms with Gasteiger partial charge in [-0.2, -0.15) is 0 Å². The van der Waals surface area contributed by atoms with E-state index >= 15 is 0 Å². The zero-order valence-corrected chi connectivity index (χ0v) is 18.9. The third kappa shape index (κ3) is 3.86. The fraction of sp³-hybridized carbons (Fsp3) is 0.0370. The van der Waals surface area contributed by atoms with Gasteiger partial charge in [-0.05, 0) is 73.7 Å². The smallest absolute Gasteiger partial charge is 0.255 e. The number of carbonyl (C=O) groups excluding carboxylic acids is 2. The number of benzene rings is 4. The molecule has 0 aromatic heterocycles. The molecule has 1 N–H and O–H groups in total. The van der Waals surface area contributed by atoms with Crippen molar-refractivity contribution in [2.24, 2.45) is 0 Å². The van der Waals surface area contributed by atoms with Crippen molar-refractivity contribution in [2.45, 2.75) is 16.7 Å². The molecule has 7 heteroatoms. The monoisotopic (exact) mass is 469 g/mol. The summed E-state index contributed by atoms with van der Waals surface area (Å²) in [5.41, 5.74) is 1.99. The number of fused-ring (bicyclic) bond motifs is 2. The average Bonchev–Trinajstić information content (AvgIpc) is 2.85. The standard InChI is InChI=1S/C27H19NO5S/c1-17-6-11-20(12-7-17)33-21-13-9-19(10-14-21)28-27(30)18-8-15-23-25(16-18)34(31,32)24-5-3-2-4-22(24)26(23)29/h2-16H,1H3,(H,28,30). The van der Waals surface area contributed by atoms with Gasteiger partial charge in [0, 0.05) is 22.4 Å². The number of hydrogen-bond acceptors (Lipinski definition) is 5. The summed E-state index contributed by atoms with van der Waals surface area (Å²) in [5.74, 6) is 0.445. The summed E-state index contributed by atoms with van der Waals surface area (Å²) in [6.45, 7) is 2.00. The molecule has 1 heterocycles. The maximum atomic E-state index is 13.1. The van der Waals surface area contributed by atoms with Crippen LogP contribution >= 0.6 is 0 Å². The number of rotatable bonds is 4. The van der Waals surface area contributed by atoms with E-state index < -0.39 is 15.7 Å². The van der Waals surface area contributed by atoms with Crippen LogP contribution in [0.25, 0.3) is 0 Å². The molecule has 0 bridgehead atoms. The first-order chi connectivity index (χ1) is 16.3. The van der Waals surface area contributed by atoms with E-state index in [0.29, 0.717) is 17.2 Å². The van der Waals surface area contributed by atoms with Crippen molar-refractivity contribution >= 4 is 27.2 Å². The van der Waals surface area contributed by atoms with Crippen molar-refractivity contribution in [1.82, 2.24) is 0 Å². The van der Waals surface area contributed by atoms with E-state index in [1.54, 1.807) is 36.4 Å². The number of sulfone groups is 1. The highest BCUT2D eigenvalue weighted by Crippen LogP contribution is 2.35. The van der Waals surface area contributed by atoms with Crippen molar-refractivity contribution in [1.29, 1.82) is 0 Å². The van der Waals surface area contributed by atoms with Gasteiger partial charge in [0.2, 0.25) is 9.84 Å². The van der Waals surface area contributed by atoms with Crippen molar-refractivity contribution in [2.75, 3.05) is 5.32 Å². The highest BCUT2D eigenvalue weighted by molar-refractivity contribution is 7.91. The highest BCUT2D eigenvalue weighted by atomic mass is 32.2. The Morgan fingerprint density at radius 3 is 2.09 bits per heavy atom. The molecule has 4 aromatic carbocycles. The second kappa shape index (κ2) is 8.28. The maximum Gasteiger partial charge on any atom is 0.255 e. The zero-order valence-electron chi connectivity index (χ0n) is 18.1. The van der Waals surface area contributed by atoms with E-state index in [1.165, 1.54) is 30.3 Å². The van der Waals surface area contributed by atoms with E-state index in [9.17, 15) is 18.0 Å². The molecular formula is C27H19NO5S. The molecule has 0 saturated carbocycles. The van der Waals surface area contributed by atoms with Crippen molar-refractivity contribution in [3.05, 3.63) is 113 Å². The molecule has 0 saturated heterocycles. The van der Waals surface area contributed by atoms with Crippen LogP contribution in [0.3, 0.4) is 0 Å². The SMILES string of the molecule is Cc1ccc(Oc2ccc(NC(=O)c3ccc4c(c3)S(=O)(=O)c3ccccc3C4=O)cc2)cc1. The predicted molar refractivity (Wildman–Crippen MR) is 127 cm³/mol. The Morgan fingerprint density at radius 2 is 1.38 bits per heavy atom. The fourth-order valence-corrected chi connectivity index (χ4v) is 5.45. The molecule has 34 heavy (non-hydrogen) atoms. The van der Waals surface area contributed by atoms with Gasteiger partial charge in [0.05, 0.1) is 9.79 Å². The number of anilines is 1. The number of aryl methyl sites for hydroxylation is 1. The number of ketones is 1. The Morgan fingerprint density at radius 1 is 0.765 bits per heavy atom. The normalized spacial score (nSPS) is 13.5. The molecule has 4 aromatic rings. The van der Waals surface area contributed by atoms with Crippen molar-refractivity contribution < 1.29 is 22.7 Å². The van der Waals surface area contributed by atoms with Crippen molar-refractivity contribution in [3.8, 4) is 11.5 Å². The average molecular weight is 470 g/mol. The zero-order chi connectivity index (χ0) is 23.9. The van der Waals surface area contributed by atoms with Gasteiger partial charge in [0.15, 0.2) is 5.78 Å². The lowest BCUT2D eigenvalue weighted by Crippen LogP contribution is -2.21. The van der Waals surface area contributed by atoms with Crippen molar-refractivity contribution in [3.63, 3.8) is 0 Å². The molecule has 0 fully saturated rings. The molecule has 1 aliphatic heterocycles. The minimum atomic E-state index is -3.92. The minimum absolute atomic E-state index is 0.0470. The number of ether oxygens (including phenoxy) is 1. The lowest BCUT2D eigenvalue weighted by molar-refractivity contribution is 0.101. The van der Waals surface area contributed by atoms with Crippen LogP contribution in [0.1, 0.15) is 31.8 Å². The molecule has 168 valence electrons. The minimum Gasteiger partial charge on any atom is -0.457 e. The van der Waals surface area contributed by atoms with Gasteiger partial charge in [-0.25, -0.2) is 8.42 Å². The van der Waals surface area contributed by atoms with E-state index in [-0.39, 0.29) is 32.3 Å². The molecule has 6 nitrogen and oxygen atoms in total. The van der Waals surface area contributed by atoms with Gasteiger partial charge >= 0.3 is 0 Å². The van der Waals surface area contributed by atoms with Gasteiger partial charge in [-0.15, -0.1) is 0 Å². The number of amides is 1. The number of carbonyl (C=O) groups is 2. The second-order valence-corrected chi connectivity index (χ2v) is 9.82. The molecule has 0 spiro atoms. The molecule has 5 rings (SSSR count). The Balaban J connectivity index is 1.36. The van der Waals surface area contributed by atoms with Crippen LogP contribution in [0.4, 0.5) is 5.69 Å². The molecule has 1 aliphatic rings. The van der Waals surface area contributed by atoms with E-state index in [2.05, 4.69) is 5.32 Å². The predicted octanol–water partition coefficient (Wildman–Crippen LogP) is 5.42. The quantitative estimate of drug-likeness (QED) is 0.380. The van der Waals surface area contributed by atoms with Crippen LogP contribution in [0, 0.1) is 6.92 Å². The molecule has 0 aliphatic carbocycles. The first-order valence-corrected chi connectivity index (χ1v) is 12.0. The summed E-state index contributed by atoms with van der Waals surface area (Å²) < 4.78 is 32.0. The Hall–Kier alpha value is -4.23. The molecule has 0 atom stereocenters. The van der Waals surface area contributed by atoms with Crippen LogP contribution in [-0.2, 0) is 9.84 Å². The van der Waals surface area contributed by atoms with Gasteiger partial charge in [0.1, 0.15) is 11.5 Å². The number of hydrogen-bond donors (Lipinski definition) is 1. The third-order valence-electron chi connectivity index (χ3n) is 5.57. The number of nitrogens with one attached hydrogen (secondary N) is 1. The van der Waals surface area contributed by atoms with Gasteiger partial charge in [-0.3, -0.25) is 9.59 Å². The summed E-state index contributed by atoms with van der Waals surface area (Å²) >= 11 is 0. The third-order valence-corrected chi connectivity index (χ3v) is 7.42. The Labute approximate surface area is 196 Å². The van der Waals surface area contributed by atoms with E-state index in [4.69, 9.17) is 4.74 Å². The molecule has 0 unspecified atom stereocenters.